The van der Waals surface area contributed by atoms with Crippen LogP contribution in [-0.2, 0) is 16.6 Å². The van der Waals surface area contributed by atoms with Gasteiger partial charge in [0, 0.05) is 15.3 Å². The highest BCUT2D eigenvalue weighted by atomic mass is 32.2. The third-order valence-electron chi connectivity index (χ3n) is 3.75. The average molecular weight is 305 g/mol. The van der Waals surface area contributed by atoms with Crippen LogP contribution in [0.5, 0.6) is 0 Å². The van der Waals surface area contributed by atoms with Crippen molar-refractivity contribution in [1.29, 1.82) is 0 Å². The maximum absolute atomic E-state index is 12.5. The number of thiophene rings is 1. The molecule has 19 heavy (non-hydrogen) atoms. The van der Waals surface area contributed by atoms with Crippen molar-refractivity contribution in [1.82, 2.24) is 4.72 Å². The lowest BCUT2D eigenvalue weighted by Gasteiger charge is -2.31. The summed E-state index contributed by atoms with van der Waals surface area (Å²) >= 11 is 1.32. The third-order valence-corrected chi connectivity index (χ3v) is 6.62. The summed E-state index contributed by atoms with van der Waals surface area (Å²) in [5.41, 5.74) is -0.382. The van der Waals surface area contributed by atoms with Gasteiger partial charge in [0.25, 0.3) is 0 Å². The van der Waals surface area contributed by atoms with Gasteiger partial charge in [-0.2, -0.15) is 0 Å². The summed E-state index contributed by atoms with van der Waals surface area (Å²) in [6.45, 7) is 7.63. The van der Waals surface area contributed by atoms with Crippen LogP contribution in [0, 0.1) is 6.92 Å². The summed E-state index contributed by atoms with van der Waals surface area (Å²) in [7, 11) is -3.52. The van der Waals surface area contributed by atoms with E-state index in [9.17, 15) is 8.42 Å². The molecule has 1 rings (SSSR count). The molecule has 1 heterocycles. The Morgan fingerprint density at radius 1 is 1.26 bits per heavy atom. The van der Waals surface area contributed by atoms with E-state index in [4.69, 9.17) is 5.11 Å². The Hall–Kier alpha value is -0.430. The molecule has 4 nitrogen and oxygen atoms in total. The summed E-state index contributed by atoms with van der Waals surface area (Å²) in [6.07, 6.45) is 2.28. The first kappa shape index (κ1) is 16.6. The fourth-order valence-electron chi connectivity index (χ4n) is 2.18. The Morgan fingerprint density at radius 2 is 1.79 bits per heavy atom. The van der Waals surface area contributed by atoms with E-state index in [1.165, 1.54) is 11.3 Å². The van der Waals surface area contributed by atoms with Crippen LogP contribution in [0.4, 0.5) is 0 Å². The number of aliphatic hydroxyl groups excluding tert-OH is 1. The Labute approximate surface area is 119 Å². The highest BCUT2D eigenvalue weighted by Gasteiger charge is 2.31. The van der Waals surface area contributed by atoms with Gasteiger partial charge in [-0.15, -0.1) is 11.3 Å². The zero-order valence-corrected chi connectivity index (χ0v) is 13.6. The van der Waals surface area contributed by atoms with Crippen LogP contribution in [0.25, 0.3) is 0 Å². The molecule has 0 radical (unpaired) electrons. The molecule has 0 saturated heterocycles. The molecule has 0 saturated carbocycles. The molecule has 1 aromatic rings. The first-order valence-corrected chi connectivity index (χ1v) is 8.88. The number of hydrogen-bond donors (Lipinski definition) is 2. The SMILES string of the molecule is CCC(CC)(CC)NS(=O)(=O)c1cc(CO)sc1C. The zero-order chi connectivity index (χ0) is 14.7. The van der Waals surface area contributed by atoms with Crippen molar-refractivity contribution in [2.45, 2.75) is 64.0 Å². The standard InChI is InChI=1S/C13H23NO3S2/c1-5-13(6-2,7-3)14-19(16,17)12-8-11(9-15)18-10(12)4/h8,14-15H,5-7,9H2,1-4H3. The van der Waals surface area contributed by atoms with Crippen LogP contribution in [0.3, 0.4) is 0 Å². The van der Waals surface area contributed by atoms with Gasteiger partial charge in [0.1, 0.15) is 0 Å². The number of hydrogen-bond acceptors (Lipinski definition) is 4. The minimum absolute atomic E-state index is 0.124. The van der Waals surface area contributed by atoms with Gasteiger partial charge in [0.05, 0.1) is 11.5 Å². The van der Waals surface area contributed by atoms with E-state index in [2.05, 4.69) is 4.72 Å². The van der Waals surface area contributed by atoms with Crippen molar-refractivity contribution < 1.29 is 13.5 Å². The molecule has 0 aliphatic rings. The fourth-order valence-corrected chi connectivity index (χ4v) is 5.29. The van der Waals surface area contributed by atoms with Crippen LogP contribution in [-0.4, -0.2) is 19.1 Å². The molecule has 2 N–H and O–H groups in total. The van der Waals surface area contributed by atoms with E-state index >= 15 is 0 Å². The lowest BCUT2D eigenvalue weighted by atomic mass is 9.91. The largest absolute Gasteiger partial charge is 0.391 e. The van der Waals surface area contributed by atoms with Gasteiger partial charge in [-0.25, -0.2) is 13.1 Å². The molecule has 0 aromatic carbocycles. The molecule has 0 unspecified atom stereocenters. The zero-order valence-electron chi connectivity index (χ0n) is 12.0. The van der Waals surface area contributed by atoms with Gasteiger partial charge in [-0.1, -0.05) is 20.8 Å². The van der Waals surface area contributed by atoms with Crippen molar-refractivity contribution in [3.63, 3.8) is 0 Å². The number of nitrogens with one attached hydrogen (secondary N) is 1. The lowest BCUT2D eigenvalue weighted by molar-refractivity contribution is 0.285. The van der Waals surface area contributed by atoms with E-state index in [1.807, 2.05) is 20.8 Å². The first-order valence-electron chi connectivity index (χ1n) is 6.58. The molecule has 6 heteroatoms. The maximum atomic E-state index is 12.5. The molecule has 0 atom stereocenters. The number of sulfonamides is 1. The monoisotopic (exact) mass is 305 g/mol. The Morgan fingerprint density at radius 3 is 2.16 bits per heavy atom. The van der Waals surface area contributed by atoms with Crippen molar-refractivity contribution in [2.75, 3.05) is 0 Å². The van der Waals surface area contributed by atoms with E-state index in [1.54, 1.807) is 13.0 Å². The van der Waals surface area contributed by atoms with Gasteiger partial charge in [-0.05, 0) is 32.3 Å². The van der Waals surface area contributed by atoms with Crippen LogP contribution < -0.4 is 4.72 Å². The van der Waals surface area contributed by atoms with Crippen molar-refractivity contribution in [3.05, 3.63) is 15.8 Å². The number of rotatable bonds is 7. The number of aryl methyl sites for hydroxylation is 1. The third kappa shape index (κ3) is 3.56. The van der Waals surface area contributed by atoms with Gasteiger partial charge in [-0.3, -0.25) is 0 Å². The van der Waals surface area contributed by atoms with Crippen molar-refractivity contribution in [2.24, 2.45) is 0 Å². The molecule has 0 fully saturated rings. The van der Waals surface area contributed by atoms with Crippen LogP contribution in [0.15, 0.2) is 11.0 Å². The van der Waals surface area contributed by atoms with Crippen LogP contribution in [0.2, 0.25) is 0 Å². The predicted molar refractivity (Wildman–Crippen MR) is 78.9 cm³/mol. The van der Waals surface area contributed by atoms with Crippen molar-refractivity contribution >= 4 is 21.4 Å². The summed E-state index contributed by atoms with van der Waals surface area (Å²) in [5.74, 6) is 0. The summed E-state index contributed by atoms with van der Waals surface area (Å²) in [6, 6.07) is 1.56. The second-order valence-corrected chi connectivity index (χ2v) is 7.73. The molecule has 0 bridgehead atoms. The highest BCUT2D eigenvalue weighted by Crippen LogP contribution is 2.28. The van der Waals surface area contributed by atoms with E-state index in [-0.39, 0.29) is 12.1 Å². The lowest BCUT2D eigenvalue weighted by Crippen LogP contribution is -2.46. The minimum Gasteiger partial charge on any atom is -0.391 e. The average Bonchev–Trinajstić information content (AvgIpc) is 2.78. The van der Waals surface area contributed by atoms with E-state index in [0.717, 1.165) is 19.3 Å². The molecule has 1 aromatic heterocycles. The van der Waals surface area contributed by atoms with Gasteiger partial charge >= 0.3 is 0 Å². The first-order chi connectivity index (χ1) is 8.84. The summed E-state index contributed by atoms with van der Waals surface area (Å²) in [5, 5.41) is 9.11. The molecule has 0 aliphatic carbocycles. The molecular weight excluding hydrogens is 282 g/mol. The fraction of sp³-hybridized carbons (Fsp3) is 0.692. The Balaban J connectivity index is 3.13. The van der Waals surface area contributed by atoms with Crippen LogP contribution in [0.1, 0.15) is 49.8 Å². The smallest absolute Gasteiger partial charge is 0.242 e. The van der Waals surface area contributed by atoms with E-state index in [0.29, 0.717) is 14.6 Å². The minimum atomic E-state index is -3.52. The summed E-state index contributed by atoms with van der Waals surface area (Å²) < 4.78 is 27.8. The molecule has 0 aliphatic heterocycles. The molecule has 110 valence electrons. The van der Waals surface area contributed by atoms with Crippen LogP contribution >= 0.6 is 11.3 Å². The number of aliphatic hydroxyl groups is 1. The van der Waals surface area contributed by atoms with Gasteiger partial charge in [0.15, 0.2) is 0 Å². The predicted octanol–water partition coefficient (Wildman–Crippen LogP) is 2.80. The Bertz CT molecular complexity index is 508. The van der Waals surface area contributed by atoms with Crippen molar-refractivity contribution in [3.8, 4) is 0 Å². The van der Waals surface area contributed by atoms with E-state index < -0.39 is 10.0 Å². The highest BCUT2D eigenvalue weighted by molar-refractivity contribution is 7.89. The summed E-state index contributed by atoms with van der Waals surface area (Å²) in [4.78, 5) is 1.68. The maximum Gasteiger partial charge on any atom is 0.242 e. The second kappa shape index (κ2) is 6.35. The van der Waals surface area contributed by atoms with Gasteiger partial charge in [0.2, 0.25) is 10.0 Å². The molecule has 0 amide bonds. The quantitative estimate of drug-likeness (QED) is 0.814. The molecular formula is C13H23NO3S2. The van der Waals surface area contributed by atoms with Gasteiger partial charge < -0.3 is 5.11 Å². The second-order valence-electron chi connectivity index (χ2n) is 4.74. The Kier molecular flexibility index (Phi) is 5.55. The normalized spacial score (nSPS) is 12.9. The topological polar surface area (TPSA) is 66.4 Å². The molecule has 0 spiro atoms.